The van der Waals surface area contributed by atoms with E-state index < -0.39 is 0 Å². The molecule has 0 aliphatic carbocycles. The minimum Gasteiger partial charge on any atom is -0.371 e. The Bertz CT molecular complexity index is 370. The fraction of sp³-hybridized carbons (Fsp3) is 0.600. The van der Waals surface area contributed by atoms with Crippen molar-refractivity contribution in [1.29, 1.82) is 0 Å². The fourth-order valence-corrected chi connectivity index (χ4v) is 2.87. The lowest BCUT2D eigenvalue weighted by Gasteiger charge is -2.38. The first-order valence-corrected chi connectivity index (χ1v) is 6.93. The molecule has 2 N–H and O–H groups in total. The summed E-state index contributed by atoms with van der Waals surface area (Å²) in [7, 11) is 2.23. The number of likely N-dealkylation sites (tertiary alicyclic amines) is 1. The van der Waals surface area contributed by atoms with E-state index in [-0.39, 0.29) is 0 Å². The molecule has 0 aromatic heterocycles. The first kappa shape index (κ1) is 13.4. The molecule has 0 radical (unpaired) electrons. The zero-order valence-corrected chi connectivity index (χ0v) is 11.6. The topological polar surface area (TPSA) is 32.5 Å². The van der Waals surface area contributed by atoms with Gasteiger partial charge in [0, 0.05) is 45.0 Å². The average Bonchev–Trinajstić information content (AvgIpc) is 2.40. The van der Waals surface area contributed by atoms with Crippen LogP contribution in [0.3, 0.4) is 0 Å². The zero-order chi connectivity index (χ0) is 13.0. The largest absolute Gasteiger partial charge is 0.371 e. The van der Waals surface area contributed by atoms with Gasteiger partial charge in [-0.15, -0.1) is 0 Å². The van der Waals surface area contributed by atoms with Crippen LogP contribution in [0.15, 0.2) is 24.3 Å². The lowest BCUT2D eigenvalue weighted by atomic mass is 10.0. The van der Waals surface area contributed by atoms with Crippen LogP contribution in [0, 0.1) is 6.92 Å². The Morgan fingerprint density at radius 3 is 2.56 bits per heavy atom. The van der Waals surface area contributed by atoms with E-state index in [2.05, 4.69) is 48.0 Å². The maximum Gasteiger partial charge on any atom is 0.0395 e. The summed E-state index contributed by atoms with van der Waals surface area (Å²) in [4.78, 5) is 4.93. The second-order valence-corrected chi connectivity index (χ2v) is 5.26. The molecule has 18 heavy (non-hydrogen) atoms. The molecule has 100 valence electrons. The Hall–Kier alpha value is -1.06. The predicted octanol–water partition coefficient (Wildman–Crippen LogP) is 1.85. The summed E-state index contributed by atoms with van der Waals surface area (Å²) >= 11 is 0. The third kappa shape index (κ3) is 3.03. The molecule has 1 aliphatic rings. The average molecular weight is 247 g/mol. The molecule has 0 unspecified atom stereocenters. The maximum absolute atomic E-state index is 5.61. The number of hydrogen-bond donors (Lipinski definition) is 1. The Balaban J connectivity index is 1.95. The molecule has 1 fully saturated rings. The molecule has 1 aliphatic heterocycles. The Morgan fingerprint density at radius 1 is 1.28 bits per heavy atom. The highest BCUT2D eigenvalue weighted by atomic mass is 15.2. The predicted molar refractivity (Wildman–Crippen MR) is 78.1 cm³/mol. The van der Waals surface area contributed by atoms with Crippen LogP contribution >= 0.6 is 0 Å². The summed E-state index contributed by atoms with van der Waals surface area (Å²) in [5, 5.41) is 0. The summed E-state index contributed by atoms with van der Waals surface area (Å²) < 4.78 is 0. The highest BCUT2D eigenvalue weighted by Crippen LogP contribution is 2.24. The normalized spacial score (nSPS) is 17.9. The highest BCUT2D eigenvalue weighted by molar-refractivity contribution is 5.53. The summed E-state index contributed by atoms with van der Waals surface area (Å²) in [6, 6.07) is 9.32. The van der Waals surface area contributed by atoms with E-state index in [9.17, 15) is 0 Å². The van der Waals surface area contributed by atoms with Crippen LogP contribution in [0.4, 0.5) is 5.69 Å². The Morgan fingerprint density at radius 2 is 1.94 bits per heavy atom. The molecule has 1 saturated heterocycles. The second kappa shape index (κ2) is 6.21. The second-order valence-electron chi connectivity index (χ2n) is 5.26. The Kier molecular flexibility index (Phi) is 4.61. The number of aryl methyl sites for hydroxylation is 1. The molecule has 3 nitrogen and oxygen atoms in total. The standard InChI is InChI=1S/C15H25N3/c1-13-5-3-4-6-15(13)17(2)14-7-10-18(11-8-14)12-9-16/h3-6,14H,7-12,16H2,1-2H3. The van der Waals surface area contributed by atoms with Crippen LogP contribution in [0.1, 0.15) is 18.4 Å². The van der Waals surface area contributed by atoms with Gasteiger partial charge in [-0.1, -0.05) is 18.2 Å². The van der Waals surface area contributed by atoms with E-state index in [4.69, 9.17) is 5.73 Å². The number of piperidine rings is 1. The van der Waals surface area contributed by atoms with Crippen molar-refractivity contribution in [3.63, 3.8) is 0 Å². The molecule has 3 heteroatoms. The van der Waals surface area contributed by atoms with Crippen molar-refractivity contribution in [2.24, 2.45) is 5.73 Å². The van der Waals surface area contributed by atoms with Gasteiger partial charge in [0.2, 0.25) is 0 Å². The number of nitrogens with two attached hydrogens (primary N) is 1. The molecule has 1 aromatic carbocycles. The van der Waals surface area contributed by atoms with Crippen LogP contribution in [0.2, 0.25) is 0 Å². The van der Waals surface area contributed by atoms with Crippen LogP contribution in [0.25, 0.3) is 0 Å². The van der Waals surface area contributed by atoms with Crippen LogP contribution in [0.5, 0.6) is 0 Å². The van der Waals surface area contributed by atoms with Crippen molar-refractivity contribution >= 4 is 5.69 Å². The molecule has 1 heterocycles. The van der Waals surface area contributed by atoms with Gasteiger partial charge >= 0.3 is 0 Å². The van der Waals surface area contributed by atoms with Crippen molar-refractivity contribution in [2.75, 3.05) is 38.1 Å². The summed E-state index contributed by atoms with van der Waals surface area (Å²) in [5.74, 6) is 0. The van der Waals surface area contributed by atoms with Crippen molar-refractivity contribution in [3.05, 3.63) is 29.8 Å². The van der Waals surface area contributed by atoms with Crippen molar-refractivity contribution in [2.45, 2.75) is 25.8 Å². The molecule has 0 atom stereocenters. The van der Waals surface area contributed by atoms with E-state index in [1.807, 2.05) is 0 Å². The number of nitrogens with zero attached hydrogens (tertiary/aromatic N) is 2. The summed E-state index contributed by atoms with van der Waals surface area (Å²) in [6.07, 6.45) is 2.48. The fourth-order valence-electron chi connectivity index (χ4n) is 2.87. The van der Waals surface area contributed by atoms with Gasteiger partial charge in [0.05, 0.1) is 0 Å². The molecule has 1 aromatic rings. The number of para-hydroxylation sites is 1. The van der Waals surface area contributed by atoms with E-state index in [1.165, 1.54) is 37.2 Å². The minimum absolute atomic E-state index is 0.667. The zero-order valence-electron chi connectivity index (χ0n) is 11.6. The summed E-state index contributed by atoms with van der Waals surface area (Å²) in [5.41, 5.74) is 8.35. The highest BCUT2D eigenvalue weighted by Gasteiger charge is 2.22. The molecule has 0 spiro atoms. The van der Waals surface area contributed by atoms with E-state index in [1.54, 1.807) is 0 Å². The van der Waals surface area contributed by atoms with Gasteiger partial charge in [0.15, 0.2) is 0 Å². The number of anilines is 1. The molecule has 0 amide bonds. The van der Waals surface area contributed by atoms with Crippen LogP contribution in [-0.2, 0) is 0 Å². The van der Waals surface area contributed by atoms with Crippen LogP contribution in [-0.4, -0.2) is 44.2 Å². The SMILES string of the molecule is Cc1ccccc1N(C)C1CCN(CCN)CC1. The van der Waals surface area contributed by atoms with Crippen molar-refractivity contribution in [1.82, 2.24) is 4.90 Å². The summed E-state index contributed by atoms with van der Waals surface area (Å²) in [6.45, 7) is 6.37. The van der Waals surface area contributed by atoms with E-state index in [0.29, 0.717) is 6.04 Å². The smallest absolute Gasteiger partial charge is 0.0395 e. The first-order valence-electron chi connectivity index (χ1n) is 6.93. The Labute approximate surface area is 111 Å². The lowest BCUT2D eigenvalue weighted by molar-refractivity contribution is 0.216. The molecule has 0 bridgehead atoms. The quantitative estimate of drug-likeness (QED) is 0.881. The molecule has 2 rings (SSSR count). The van der Waals surface area contributed by atoms with Gasteiger partial charge in [-0.25, -0.2) is 0 Å². The third-order valence-electron chi connectivity index (χ3n) is 4.05. The van der Waals surface area contributed by atoms with E-state index >= 15 is 0 Å². The number of rotatable bonds is 4. The van der Waals surface area contributed by atoms with Gasteiger partial charge in [0.1, 0.15) is 0 Å². The van der Waals surface area contributed by atoms with Crippen molar-refractivity contribution < 1.29 is 0 Å². The molecular formula is C15H25N3. The van der Waals surface area contributed by atoms with E-state index in [0.717, 1.165) is 13.1 Å². The van der Waals surface area contributed by atoms with Gasteiger partial charge in [-0.2, -0.15) is 0 Å². The molecule has 0 saturated carbocycles. The minimum atomic E-state index is 0.667. The number of benzene rings is 1. The van der Waals surface area contributed by atoms with Crippen LogP contribution < -0.4 is 10.6 Å². The van der Waals surface area contributed by atoms with Gasteiger partial charge < -0.3 is 15.5 Å². The van der Waals surface area contributed by atoms with Gasteiger partial charge in [-0.05, 0) is 31.4 Å². The lowest BCUT2D eigenvalue weighted by Crippen LogP contribution is -2.44. The number of hydrogen-bond acceptors (Lipinski definition) is 3. The van der Waals surface area contributed by atoms with Gasteiger partial charge in [-0.3, -0.25) is 0 Å². The first-order chi connectivity index (χ1) is 8.72. The third-order valence-corrected chi connectivity index (χ3v) is 4.05. The van der Waals surface area contributed by atoms with Crippen molar-refractivity contribution in [3.8, 4) is 0 Å². The molecular weight excluding hydrogens is 222 g/mol. The maximum atomic E-state index is 5.61. The van der Waals surface area contributed by atoms with Gasteiger partial charge in [0.25, 0.3) is 0 Å². The monoisotopic (exact) mass is 247 g/mol.